The Labute approximate surface area is 178 Å². The molecule has 0 fully saturated rings. The molecule has 1 atom stereocenters. The number of thioether (sulfide) groups is 1. The third kappa shape index (κ3) is 6.65. The number of nitrogens with one attached hydrogen (secondary N) is 1. The van der Waals surface area contributed by atoms with E-state index < -0.39 is 17.9 Å². The zero-order valence-electron chi connectivity index (χ0n) is 15.7. The zero-order valence-corrected chi connectivity index (χ0v) is 18.1. The normalized spacial score (nSPS) is 11.9. The first-order chi connectivity index (χ1) is 13.3. The summed E-state index contributed by atoms with van der Waals surface area (Å²) in [4.78, 5) is 33.0. The van der Waals surface area contributed by atoms with Gasteiger partial charge in [0.15, 0.2) is 10.9 Å². The largest absolute Gasteiger partial charge is 0.467 e. The summed E-state index contributed by atoms with van der Waals surface area (Å²) in [5, 5.41) is 3.83. The first-order valence-electron chi connectivity index (χ1n) is 8.58. The van der Waals surface area contributed by atoms with E-state index in [4.69, 9.17) is 27.9 Å². The third-order valence-electron chi connectivity index (χ3n) is 3.72. The van der Waals surface area contributed by atoms with Crippen LogP contribution in [0.3, 0.4) is 0 Å². The summed E-state index contributed by atoms with van der Waals surface area (Å²) >= 11 is 13.4. The average molecular weight is 442 g/mol. The highest BCUT2D eigenvalue weighted by atomic mass is 35.5. The van der Waals surface area contributed by atoms with E-state index in [1.54, 1.807) is 12.1 Å². The Kier molecular flexibility index (Phi) is 8.54. The summed E-state index contributed by atoms with van der Waals surface area (Å²) in [6.07, 6.45) is 1.82. The molecule has 0 aliphatic carbocycles. The van der Waals surface area contributed by atoms with E-state index in [0.29, 0.717) is 22.4 Å². The number of hydrogen-bond donors (Lipinski definition) is 1. The Bertz CT molecular complexity index is 832. The lowest BCUT2D eigenvalue weighted by atomic mass is 10.0. The fourth-order valence-corrected chi connectivity index (χ4v) is 3.44. The minimum Gasteiger partial charge on any atom is -0.467 e. The van der Waals surface area contributed by atoms with Crippen LogP contribution in [0.15, 0.2) is 35.6 Å². The van der Waals surface area contributed by atoms with Gasteiger partial charge in [-0.15, -0.1) is 0 Å². The number of esters is 1. The number of ether oxygens (including phenoxy) is 1. The van der Waals surface area contributed by atoms with Gasteiger partial charge in [0.2, 0.25) is 0 Å². The third-order valence-corrected chi connectivity index (χ3v) is 5.18. The molecule has 0 saturated heterocycles. The van der Waals surface area contributed by atoms with Crippen molar-refractivity contribution in [1.82, 2.24) is 15.3 Å². The minimum atomic E-state index is -0.770. The van der Waals surface area contributed by atoms with Crippen molar-refractivity contribution in [3.8, 4) is 0 Å². The molecule has 1 aromatic carbocycles. The van der Waals surface area contributed by atoms with Gasteiger partial charge >= 0.3 is 5.97 Å². The lowest BCUT2D eigenvalue weighted by Crippen LogP contribution is -2.42. The number of carbonyl (C=O) groups excluding carboxylic acids is 2. The summed E-state index contributed by atoms with van der Waals surface area (Å²) in [6, 6.07) is 6.66. The smallest absolute Gasteiger partial charge is 0.328 e. The molecule has 2 rings (SSSR count). The molecule has 0 bridgehead atoms. The summed E-state index contributed by atoms with van der Waals surface area (Å²) < 4.78 is 4.77. The van der Waals surface area contributed by atoms with Gasteiger partial charge in [-0.3, -0.25) is 4.79 Å². The fourth-order valence-electron chi connectivity index (χ4n) is 2.36. The van der Waals surface area contributed by atoms with Crippen molar-refractivity contribution >= 4 is 46.8 Å². The number of rotatable bonds is 8. The Morgan fingerprint density at radius 3 is 2.50 bits per heavy atom. The Morgan fingerprint density at radius 1 is 1.21 bits per heavy atom. The molecule has 0 aliphatic heterocycles. The van der Waals surface area contributed by atoms with Gasteiger partial charge in [0.1, 0.15) is 6.04 Å². The highest BCUT2D eigenvalue weighted by molar-refractivity contribution is 7.98. The first-order valence-corrected chi connectivity index (χ1v) is 10.3. The number of amides is 1. The number of hydrogen-bond acceptors (Lipinski definition) is 6. The molecular weight excluding hydrogens is 421 g/mol. The standard InChI is InChI=1S/C19H21Cl2N3O3S/c1-11(2)8-15(18(26)27-3)23-17(25)16-14(21)9-22-19(24-16)28-10-12-4-6-13(20)7-5-12/h4-7,9,11,15H,8,10H2,1-3H3,(H,23,25)/t15-/m1/s1. The van der Waals surface area contributed by atoms with Gasteiger partial charge in [-0.25, -0.2) is 14.8 Å². The number of carbonyl (C=O) groups is 2. The van der Waals surface area contributed by atoms with Gasteiger partial charge in [-0.05, 0) is 30.0 Å². The Morgan fingerprint density at radius 2 is 1.89 bits per heavy atom. The van der Waals surface area contributed by atoms with Gasteiger partial charge in [-0.1, -0.05) is 60.9 Å². The highest BCUT2D eigenvalue weighted by Gasteiger charge is 2.25. The fraction of sp³-hybridized carbons (Fsp3) is 0.368. The van der Waals surface area contributed by atoms with Crippen LogP contribution in [0.5, 0.6) is 0 Å². The van der Waals surface area contributed by atoms with Gasteiger partial charge in [0, 0.05) is 10.8 Å². The molecular formula is C19H21Cl2N3O3S. The molecule has 0 radical (unpaired) electrons. The molecule has 0 saturated carbocycles. The van der Waals surface area contributed by atoms with Crippen LogP contribution in [-0.4, -0.2) is 35.0 Å². The Balaban J connectivity index is 2.11. The predicted molar refractivity (Wildman–Crippen MR) is 111 cm³/mol. The molecule has 1 N–H and O–H groups in total. The maximum absolute atomic E-state index is 12.6. The maximum atomic E-state index is 12.6. The van der Waals surface area contributed by atoms with Gasteiger partial charge in [0.05, 0.1) is 18.3 Å². The van der Waals surface area contributed by atoms with Crippen molar-refractivity contribution in [2.24, 2.45) is 5.92 Å². The molecule has 28 heavy (non-hydrogen) atoms. The summed E-state index contributed by atoms with van der Waals surface area (Å²) in [6.45, 7) is 3.90. The molecule has 0 spiro atoms. The molecule has 6 nitrogen and oxygen atoms in total. The van der Waals surface area contributed by atoms with Crippen molar-refractivity contribution < 1.29 is 14.3 Å². The summed E-state index contributed by atoms with van der Waals surface area (Å²) in [7, 11) is 1.28. The van der Waals surface area contributed by atoms with Crippen LogP contribution in [0, 0.1) is 5.92 Å². The van der Waals surface area contributed by atoms with E-state index in [0.717, 1.165) is 5.56 Å². The van der Waals surface area contributed by atoms with E-state index in [9.17, 15) is 9.59 Å². The number of nitrogens with zero attached hydrogens (tertiary/aromatic N) is 2. The molecule has 2 aromatic rings. The van der Waals surface area contributed by atoms with Crippen LogP contribution in [0.2, 0.25) is 10.0 Å². The van der Waals surface area contributed by atoms with Crippen molar-refractivity contribution in [2.45, 2.75) is 37.2 Å². The van der Waals surface area contributed by atoms with Crippen LogP contribution in [0.4, 0.5) is 0 Å². The second-order valence-corrected chi connectivity index (χ2v) is 8.23. The molecule has 150 valence electrons. The predicted octanol–water partition coefficient (Wildman–Crippen LogP) is 4.39. The number of benzene rings is 1. The molecule has 1 amide bonds. The molecule has 0 aliphatic rings. The van der Waals surface area contributed by atoms with Crippen LogP contribution in [0.1, 0.15) is 36.3 Å². The SMILES string of the molecule is COC(=O)[C@@H](CC(C)C)NC(=O)c1nc(SCc2ccc(Cl)cc2)ncc1Cl. The van der Waals surface area contributed by atoms with E-state index in [2.05, 4.69) is 15.3 Å². The molecule has 9 heteroatoms. The van der Waals surface area contributed by atoms with Crippen LogP contribution in [-0.2, 0) is 15.3 Å². The van der Waals surface area contributed by atoms with Crippen LogP contribution < -0.4 is 5.32 Å². The van der Waals surface area contributed by atoms with E-state index >= 15 is 0 Å². The average Bonchev–Trinajstić information content (AvgIpc) is 2.67. The van der Waals surface area contributed by atoms with E-state index in [-0.39, 0.29) is 16.6 Å². The van der Waals surface area contributed by atoms with Crippen LogP contribution >= 0.6 is 35.0 Å². The van der Waals surface area contributed by atoms with E-state index in [1.807, 2.05) is 26.0 Å². The number of halogens is 2. The van der Waals surface area contributed by atoms with Crippen molar-refractivity contribution in [3.63, 3.8) is 0 Å². The monoisotopic (exact) mass is 441 g/mol. The Hall–Kier alpha value is -1.83. The minimum absolute atomic E-state index is 0.0212. The van der Waals surface area contributed by atoms with Gasteiger partial charge in [0.25, 0.3) is 5.91 Å². The van der Waals surface area contributed by atoms with Gasteiger partial charge < -0.3 is 10.1 Å². The molecule has 1 aromatic heterocycles. The lowest BCUT2D eigenvalue weighted by molar-refractivity contribution is -0.143. The zero-order chi connectivity index (χ0) is 20.7. The number of methoxy groups -OCH3 is 1. The maximum Gasteiger partial charge on any atom is 0.328 e. The second-order valence-electron chi connectivity index (χ2n) is 6.44. The highest BCUT2D eigenvalue weighted by Crippen LogP contribution is 2.23. The number of aromatic nitrogens is 2. The molecule has 0 unspecified atom stereocenters. The topological polar surface area (TPSA) is 81.2 Å². The van der Waals surface area contributed by atoms with Crippen molar-refractivity contribution in [2.75, 3.05) is 7.11 Å². The van der Waals surface area contributed by atoms with E-state index in [1.165, 1.54) is 25.1 Å². The van der Waals surface area contributed by atoms with Crippen molar-refractivity contribution in [3.05, 3.63) is 51.8 Å². The van der Waals surface area contributed by atoms with Crippen molar-refractivity contribution in [1.29, 1.82) is 0 Å². The second kappa shape index (κ2) is 10.6. The lowest BCUT2D eigenvalue weighted by Gasteiger charge is -2.18. The summed E-state index contributed by atoms with van der Waals surface area (Å²) in [5.74, 6) is -0.255. The van der Waals surface area contributed by atoms with Gasteiger partial charge in [-0.2, -0.15) is 0 Å². The molecule has 1 heterocycles. The quantitative estimate of drug-likeness (QED) is 0.371. The first kappa shape index (κ1) is 22.5. The summed E-state index contributed by atoms with van der Waals surface area (Å²) in [5.41, 5.74) is 1.06. The van der Waals surface area contributed by atoms with Crippen LogP contribution in [0.25, 0.3) is 0 Å².